The Balaban J connectivity index is 1.57. The lowest BCUT2D eigenvalue weighted by molar-refractivity contribution is 0.0600. The van der Waals surface area contributed by atoms with Crippen molar-refractivity contribution in [3.8, 4) is 5.75 Å². The SMILES string of the molecule is CCOc1ccc(S(=O)(=O)Nc2ccc(C(=O)NNC(=O)c3ccc(C(=O)OC)cc3)cc2)cc1. The molecule has 0 fully saturated rings. The van der Waals surface area contributed by atoms with Crippen molar-refractivity contribution in [3.05, 3.63) is 89.5 Å². The zero-order valence-corrected chi connectivity index (χ0v) is 19.7. The summed E-state index contributed by atoms with van der Waals surface area (Å²) in [6.45, 7) is 2.30. The predicted octanol–water partition coefficient (Wildman–Crippen LogP) is 2.75. The molecule has 3 aromatic rings. The molecule has 0 aromatic heterocycles. The van der Waals surface area contributed by atoms with Crippen LogP contribution in [-0.4, -0.2) is 39.9 Å². The molecule has 3 rings (SSSR count). The topological polar surface area (TPSA) is 140 Å². The first-order chi connectivity index (χ1) is 16.7. The molecule has 0 atom stereocenters. The molecule has 0 unspecified atom stereocenters. The van der Waals surface area contributed by atoms with Crippen LogP contribution in [0, 0.1) is 0 Å². The van der Waals surface area contributed by atoms with Gasteiger partial charge in [0.25, 0.3) is 21.8 Å². The minimum atomic E-state index is -3.83. The van der Waals surface area contributed by atoms with Crippen molar-refractivity contribution in [2.24, 2.45) is 0 Å². The van der Waals surface area contributed by atoms with Crippen molar-refractivity contribution < 1.29 is 32.3 Å². The highest BCUT2D eigenvalue weighted by Gasteiger charge is 2.15. The minimum Gasteiger partial charge on any atom is -0.494 e. The van der Waals surface area contributed by atoms with E-state index in [1.165, 1.54) is 67.8 Å². The second kappa shape index (κ2) is 11.2. The van der Waals surface area contributed by atoms with E-state index in [0.717, 1.165) is 0 Å². The molecular weight excluding hydrogens is 474 g/mol. The van der Waals surface area contributed by atoms with E-state index in [1.54, 1.807) is 12.1 Å². The number of amides is 2. The standard InChI is InChI=1S/C24H23N3O7S/c1-3-34-20-12-14-21(15-13-20)35(31,32)27-19-10-8-17(9-11-19)23(29)26-25-22(28)16-4-6-18(7-5-16)24(30)33-2/h4-15,27H,3H2,1-2H3,(H,25,28)(H,26,29). The Morgan fingerprint density at radius 1 is 0.743 bits per heavy atom. The molecule has 3 N–H and O–H groups in total. The van der Waals surface area contributed by atoms with Crippen molar-refractivity contribution in [3.63, 3.8) is 0 Å². The quantitative estimate of drug-likeness (QED) is 0.321. The highest BCUT2D eigenvalue weighted by atomic mass is 32.2. The molecule has 0 radical (unpaired) electrons. The summed E-state index contributed by atoms with van der Waals surface area (Å²) >= 11 is 0. The van der Waals surface area contributed by atoms with E-state index in [0.29, 0.717) is 12.4 Å². The van der Waals surface area contributed by atoms with Crippen LogP contribution in [0.1, 0.15) is 38.0 Å². The summed E-state index contributed by atoms with van der Waals surface area (Å²) in [5.41, 5.74) is 5.49. The van der Waals surface area contributed by atoms with Crippen molar-refractivity contribution in [2.45, 2.75) is 11.8 Å². The first-order valence-corrected chi connectivity index (χ1v) is 11.9. The lowest BCUT2D eigenvalue weighted by atomic mass is 10.1. The number of carbonyl (C=O) groups is 3. The largest absolute Gasteiger partial charge is 0.494 e. The monoisotopic (exact) mass is 497 g/mol. The molecule has 0 saturated carbocycles. The van der Waals surface area contributed by atoms with Gasteiger partial charge in [-0.1, -0.05) is 0 Å². The highest BCUT2D eigenvalue weighted by molar-refractivity contribution is 7.92. The number of carbonyl (C=O) groups excluding carboxylic acids is 3. The first kappa shape index (κ1) is 25.2. The molecule has 0 saturated heterocycles. The van der Waals surface area contributed by atoms with Crippen LogP contribution in [0.25, 0.3) is 0 Å². The summed E-state index contributed by atoms with van der Waals surface area (Å²) in [7, 11) is -2.58. The number of anilines is 1. The Morgan fingerprint density at radius 3 is 1.71 bits per heavy atom. The number of ether oxygens (including phenoxy) is 2. The van der Waals surface area contributed by atoms with Crippen molar-refractivity contribution >= 4 is 33.5 Å². The van der Waals surface area contributed by atoms with Gasteiger partial charge in [0, 0.05) is 16.8 Å². The van der Waals surface area contributed by atoms with Gasteiger partial charge >= 0.3 is 5.97 Å². The number of nitrogens with one attached hydrogen (secondary N) is 3. The maximum absolute atomic E-state index is 12.6. The van der Waals surface area contributed by atoms with E-state index in [-0.39, 0.29) is 27.3 Å². The van der Waals surface area contributed by atoms with Crippen LogP contribution >= 0.6 is 0 Å². The van der Waals surface area contributed by atoms with Crippen LogP contribution in [0.15, 0.2) is 77.7 Å². The average molecular weight is 498 g/mol. The van der Waals surface area contributed by atoms with Gasteiger partial charge < -0.3 is 9.47 Å². The van der Waals surface area contributed by atoms with Crippen LogP contribution in [0.3, 0.4) is 0 Å². The summed E-state index contributed by atoms with van der Waals surface area (Å²) in [6, 6.07) is 17.3. The second-order valence-electron chi connectivity index (χ2n) is 7.06. The van der Waals surface area contributed by atoms with Crippen molar-refractivity contribution in [1.29, 1.82) is 0 Å². The predicted molar refractivity (Wildman–Crippen MR) is 128 cm³/mol. The molecule has 0 bridgehead atoms. The number of methoxy groups -OCH3 is 1. The van der Waals surface area contributed by atoms with Crippen LogP contribution < -0.4 is 20.3 Å². The molecule has 0 heterocycles. The minimum absolute atomic E-state index is 0.0603. The third-order valence-corrected chi connectivity index (χ3v) is 6.10. The summed E-state index contributed by atoms with van der Waals surface area (Å²) in [6.07, 6.45) is 0. The molecule has 35 heavy (non-hydrogen) atoms. The maximum atomic E-state index is 12.6. The molecule has 0 aliphatic heterocycles. The van der Waals surface area contributed by atoms with E-state index >= 15 is 0 Å². The van der Waals surface area contributed by atoms with E-state index in [2.05, 4.69) is 20.3 Å². The fourth-order valence-electron chi connectivity index (χ4n) is 2.92. The van der Waals surface area contributed by atoms with E-state index < -0.39 is 27.8 Å². The highest BCUT2D eigenvalue weighted by Crippen LogP contribution is 2.19. The second-order valence-corrected chi connectivity index (χ2v) is 8.75. The van der Waals surface area contributed by atoms with Crippen LogP contribution in [0.4, 0.5) is 5.69 Å². The van der Waals surface area contributed by atoms with Gasteiger partial charge in [0.1, 0.15) is 5.75 Å². The summed E-state index contributed by atoms with van der Waals surface area (Å²) in [5, 5.41) is 0. The third kappa shape index (κ3) is 6.58. The number of sulfonamides is 1. The summed E-state index contributed by atoms with van der Waals surface area (Å²) in [4.78, 5) is 36.0. The van der Waals surface area contributed by atoms with Gasteiger partial charge in [0.15, 0.2) is 0 Å². The molecular formula is C24H23N3O7S. The van der Waals surface area contributed by atoms with Gasteiger partial charge in [0.05, 0.1) is 24.2 Å². The zero-order valence-electron chi connectivity index (χ0n) is 18.9. The summed E-state index contributed by atoms with van der Waals surface area (Å²) < 4.78 is 37.5. The van der Waals surface area contributed by atoms with Crippen LogP contribution in [0.5, 0.6) is 5.75 Å². The molecule has 0 aliphatic rings. The van der Waals surface area contributed by atoms with E-state index in [4.69, 9.17) is 4.74 Å². The fraction of sp³-hybridized carbons (Fsp3) is 0.125. The molecule has 10 nitrogen and oxygen atoms in total. The number of hydrogen-bond acceptors (Lipinski definition) is 7. The lowest BCUT2D eigenvalue weighted by Gasteiger charge is -2.10. The van der Waals surface area contributed by atoms with E-state index in [9.17, 15) is 22.8 Å². The fourth-order valence-corrected chi connectivity index (χ4v) is 3.98. The number of benzene rings is 3. The molecule has 0 spiro atoms. The Kier molecular flexibility index (Phi) is 8.05. The average Bonchev–Trinajstić information content (AvgIpc) is 2.87. The molecule has 0 aliphatic carbocycles. The van der Waals surface area contributed by atoms with Crippen LogP contribution in [-0.2, 0) is 14.8 Å². The Hall–Kier alpha value is -4.38. The number of esters is 1. The maximum Gasteiger partial charge on any atom is 0.337 e. The third-order valence-electron chi connectivity index (χ3n) is 4.70. The first-order valence-electron chi connectivity index (χ1n) is 10.4. The summed E-state index contributed by atoms with van der Waals surface area (Å²) in [5.74, 6) is -1.16. The van der Waals surface area contributed by atoms with Gasteiger partial charge in [-0.2, -0.15) is 0 Å². The van der Waals surface area contributed by atoms with Crippen molar-refractivity contribution in [2.75, 3.05) is 18.4 Å². The Labute approximate surface area is 202 Å². The van der Waals surface area contributed by atoms with Crippen LogP contribution in [0.2, 0.25) is 0 Å². The van der Waals surface area contributed by atoms with Gasteiger partial charge in [-0.25, -0.2) is 13.2 Å². The van der Waals surface area contributed by atoms with Gasteiger partial charge in [-0.15, -0.1) is 0 Å². The van der Waals surface area contributed by atoms with Gasteiger partial charge in [0.2, 0.25) is 0 Å². The smallest absolute Gasteiger partial charge is 0.337 e. The van der Waals surface area contributed by atoms with Crippen molar-refractivity contribution in [1.82, 2.24) is 10.9 Å². The van der Waals surface area contributed by atoms with E-state index in [1.807, 2.05) is 6.92 Å². The molecule has 11 heteroatoms. The normalized spacial score (nSPS) is 10.7. The number of hydrazine groups is 1. The number of rotatable bonds is 8. The molecule has 2 amide bonds. The zero-order chi connectivity index (χ0) is 25.4. The molecule has 182 valence electrons. The number of hydrogen-bond donors (Lipinski definition) is 3. The van der Waals surface area contributed by atoms with Gasteiger partial charge in [-0.3, -0.25) is 25.2 Å². The molecule has 3 aromatic carbocycles. The Morgan fingerprint density at radius 2 is 1.23 bits per heavy atom. The Bertz CT molecular complexity index is 1300. The lowest BCUT2D eigenvalue weighted by Crippen LogP contribution is -2.41. The van der Waals surface area contributed by atoms with Gasteiger partial charge in [-0.05, 0) is 79.7 Å².